The zero-order valence-corrected chi connectivity index (χ0v) is 14.4. The van der Waals surface area contributed by atoms with E-state index in [2.05, 4.69) is 0 Å². The lowest BCUT2D eigenvalue weighted by atomic mass is 10.2. The lowest BCUT2D eigenvalue weighted by Crippen LogP contribution is -2.42. The summed E-state index contributed by atoms with van der Waals surface area (Å²) in [6, 6.07) is 0.607. The third-order valence-corrected chi connectivity index (χ3v) is 6.74. The summed E-state index contributed by atoms with van der Waals surface area (Å²) in [5.41, 5.74) is 0. The highest BCUT2D eigenvalue weighted by Gasteiger charge is 2.37. The highest BCUT2D eigenvalue weighted by molar-refractivity contribution is 6.60. The van der Waals surface area contributed by atoms with Crippen LogP contribution in [0, 0.1) is 0 Å². The Labute approximate surface area is 128 Å². The van der Waals surface area contributed by atoms with Gasteiger partial charge in [0.15, 0.2) is 5.78 Å². The van der Waals surface area contributed by atoms with Gasteiger partial charge < -0.3 is 18.2 Å². The molecule has 0 N–H and O–H groups in total. The summed E-state index contributed by atoms with van der Waals surface area (Å²) in [5, 5.41) is 0. The van der Waals surface area contributed by atoms with E-state index in [1.165, 1.54) is 0 Å². The SMILES string of the molecule is CO[Si](CCCC(=O)CN1CCCCCC1=O)(OC)OC. The van der Waals surface area contributed by atoms with Crippen molar-refractivity contribution in [3.63, 3.8) is 0 Å². The molecule has 0 aliphatic carbocycles. The molecule has 1 rings (SSSR count). The molecule has 0 bridgehead atoms. The molecular formula is C14H27NO5Si. The van der Waals surface area contributed by atoms with Crippen LogP contribution in [0.1, 0.15) is 38.5 Å². The summed E-state index contributed by atoms with van der Waals surface area (Å²) in [7, 11) is 2.11. The number of hydrogen-bond acceptors (Lipinski definition) is 5. The number of amides is 1. The van der Waals surface area contributed by atoms with Crippen LogP contribution in [0.5, 0.6) is 0 Å². The minimum Gasteiger partial charge on any atom is -0.377 e. The first kappa shape index (κ1) is 18.3. The molecule has 0 spiro atoms. The number of rotatable bonds is 9. The molecule has 0 unspecified atom stereocenters. The van der Waals surface area contributed by atoms with Crippen molar-refractivity contribution in [2.75, 3.05) is 34.4 Å². The lowest BCUT2D eigenvalue weighted by Gasteiger charge is -2.24. The van der Waals surface area contributed by atoms with Gasteiger partial charge in [0.2, 0.25) is 5.91 Å². The second-order valence-corrected chi connectivity index (χ2v) is 8.40. The fourth-order valence-corrected chi connectivity index (χ4v) is 4.28. The van der Waals surface area contributed by atoms with Crippen molar-refractivity contribution in [3.05, 3.63) is 0 Å². The van der Waals surface area contributed by atoms with Crippen molar-refractivity contribution in [1.29, 1.82) is 0 Å². The normalized spacial score (nSPS) is 16.9. The quantitative estimate of drug-likeness (QED) is 0.605. The summed E-state index contributed by atoms with van der Waals surface area (Å²) >= 11 is 0. The van der Waals surface area contributed by atoms with Crippen molar-refractivity contribution in [1.82, 2.24) is 4.90 Å². The van der Waals surface area contributed by atoms with Gasteiger partial charge in [0, 0.05) is 46.8 Å². The first-order valence-corrected chi connectivity index (χ1v) is 9.45. The van der Waals surface area contributed by atoms with Gasteiger partial charge in [-0.25, -0.2) is 0 Å². The van der Waals surface area contributed by atoms with Gasteiger partial charge in [0.1, 0.15) is 0 Å². The number of Topliss-reactive ketones (excluding diaryl/α,β-unsaturated/α-hetero) is 1. The standard InChI is InChI=1S/C14H27NO5Si/c1-18-21(19-2,20-3)11-7-8-13(16)12-15-10-6-4-5-9-14(15)17/h4-12H2,1-3H3. The predicted molar refractivity (Wildman–Crippen MR) is 80.9 cm³/mol. The minimum atomic E-state index is -2.59. The second-order valence-electron chi connectivity index (χ2n) is 5.31. The molecule has 1 aliphatic heterocycles. The van der Waals surface area contributed by atoms with Crippen LogP contribution in [0.2, 0.25) is 6.04 Å². The Morgan fingerprint density at radius 1 is 1.14 bits per heavy atom. The molecule has 21 heavy (non-hydrogen) atoms. The van der Waals surface area contributed by atoms with Gasteiger partial charge in [-0.05, 0) is 19.3 Å². The average Bonchev–Trinajstić information content (AvgIpc) is 2.69. The summed E-state index contributed by atoms with van der Waals surface area (Å²) in [6.45, 7) is 0.942. The van der Waals surface area contributed by atoms with E-state index in [1.54, 1.807) is 26.2 Å². The Bertz CT molecular complexity index is 338. The van der Waals surface area contributed by atoms with Crippen molar-refractivity contribution in [3.8, 4) is 0 Å². The van der Waals surface area contributed by atoms with Crippen molar-refractivity contribution in [2.24, 2.45) is 0 Å². The van der Waals surface area contributed by atoms with Gasteiger partial charge in [0.25, 0.3) is 0 Å². The largest absolute Gasteiger partial charge is 0.500 e. The first-order valence-electron chi connectivity index (χ1n) is 7.52. The molecule has 1 saturated heterocycles. The number of ketones is 1. The third-order valence-electron chi connectivity index (χ3n) is 3.91. The maximum absolute atomic E-state index is 12.0. The molecule has 1 amide bonds. The molecule has 0 aromatic rings. The van der Waals surface area contributed by atoms with Crippen LogP contribution in [0.15, 0.2) is 0 Å². The smallest absolute Gasteiger partial charge is 0.377 e. The Balaban J connectivity index is 2.35. The number of nitrogens with zero attached hydrogens (tertiary/aromatic N) is 1. The molecule has 7 heteroatoms. The molecule has 1 fully saturated rings. The zero-order valence-electron chi connectivity index (χ0n) is 13.4. The monoisotopic (exact) mass is 317 g/mol. The van der Waals surface area contributed by atoms with Crippen LogP contribution in [0.4, 0.5) is 0 Å². The summed E-state index contributed by atoms with van der Waals surface area (Å²) in [6.07, 6.45) is 4.65. The maximum Gasteiger partial charge on any atom is 0.500 e. The van der Waals surface area contributed by atoms with Gasteiger partial charge in [0.05, 0.1) is 6.54 Å². The Kier molecular flexibility index (Phi) is 8.09. The molecule has 1 heterocycles. The van der Waals surface area contributed by atoms with E-state index in [1.807, 2.05) is 0 Å². The van der Waals surface area contributed by atoms with Crippen molar-refractivity contribution in [2.45, 2.75) is 44.6 Å². The van der Waals surface area contributed by atoms with Crippen molar-refractivity contribution < 1.29 is 22.9 Å². The summed E-state index contributed by atoms with van der Waals surface area (Å²) in [5.74, 6) is 0.201. The van der Waals surface area contributed by atoms with E-state index in [0.717, 1.165) is 19.3 Å². The summed E-state index contributed by atoms with van der Waals surface area (Å²) in [4.78, 5) is 25.6. The topological polar surface area (TPSA) is 65.1 Å². The van der Waals surface area contributed by atoms with Crippen LogP contribution in [-0.2, 0) is 22.9 Å². The first-order chi connectivity index (χ1) is 10.1. The van der Waals surface area contributed by atoms with Crippen LogP contribution < -0.4 is 0 Å². The van der Waals surface area contributed by atoms with Gasteiger partial charge in [-0.1, -0.05) is 6.42 Å². The molecule has 0 atom stereocenters. The maximum atomic E-state index is 12.0. The van der Waals surface area contributed by atoms with E-state index in [9.17, 15) is 9.59 Å². The van der Waals surface area contributed by atoms with Crippen molar-refractivity contribution >= 4 is 20.5 Å². The molecule has 1 aliphatic rings. The molecule has 122 valence electrons. The van der Waals surface area contributed by atoms with E-state index >= 15 is 0 Å². The number of carbonyl (C=O) groups excluding carboxylic acids is 2. The van der Waals surface area contributed by atoms with Crippen LogP contribution in [-0.4, -0.2) is 59.8 Å². The summed E-state index contributed by atoms with van der Waals surface area (Å²) < 4.78 is 16.0. The van der Waals surface area contributed by atoms with Gasteiger partial charge in [-0.3, -0.25) is 9.59 Å². The van der Waals surface area contributed by atoms with E-state index < -0.39 is 8.80 Å². The second kappa shape index (κ2) is 9.29. The van der Waals surface area contributed by atoms with Crippen LogP contribution in [0.25, 0.3) is 0 Å². The Morgan fingerprint density at radius 2 is 1.81 bits per heavy atom. The number of carbonyl (C=O) groups is 2. The molecule has 0 aromatic heterocycles. The highest BCUT2D eigenvalue weighted by atomic mass is 28.4. The zero-order chi connectivity index (χ0) is 15.7. The number of likely N-dealkylation sites (tertiary alicyclic amines) is 1. The highest BCUT2D eigenvalue weighted by Crippen LogP contribution is 2.17. The number of hydrogen-bond donors (Lipinski definition) is 0. The Morgan fingerprint density at radius 3 is 2.43 bits per heavy atom. The molecule has 6 nitrogen and oxygen atoms in total. The lowest BCUT2D eigenvalue weighted by molar-refractivity contribution is -0.135. The molecular weight excluding hydrogens is 290 g/mol. The Hall–Kier alpha value is -0.763. The average molecular weight is 317 g/mol. The third kappa shape index (κ3) is 5.86. The van der Waals surface area contributed by atoms with Gasteiger partial charge in [-0.15, -0.1) is 0 Å². The van der Waals surface area contributed by atoms with E-state index in [-0.39, 0.29) is 18.2 Å². The van der Waals surface area contributed by atoms with Crippen LogP contribution in [0.3, 0.4) is 0 Å². The fraction of sp³-hybridized carbons (Fsp3) is 0.857. The van der Waals surface area contributed by atoms with Gasteiger partial charge >= 0.3 is 8.80 Å². The molecule has 0 saturated carbocycles. The minimum absolute atomic E-state index is 0.0939. The van der Waals surface area contributed by atoms with Gasteiger partial charge in [-0.2, -0.15) is 0 Å². The molecule has 0 radical (unpaired) electrons. The fourth-order valence-electron chi connectivity index (χ4n) is 2.56. The predicted octanol–water partition coefficient (Wildman–Crippen LogP) is 1.62. The molecule has 0 aromatic carbocycles. The van der Waals surface area contributed by atoms with Crippen LogP contribution >= 0.6 is 0 Å². The van der Waals surface area contributed by atoms with E-state index in [4.69, 9.17) is 13.3 Å². The van der Waals surface area contributed by atoms with E-state index in [0.29, 0.717) is 31.9 Å².